The van der Waals surface area contributed by atoms with Crippen molar-refractivity contribution < 1.29 is 37.1 Å². The van der Waals surface area contributed by atoms with Gasteiger partial charge in [0.05, 0.1) is 0 Å². The van der Waals surface area contributed by atoms with Crippen molar-refractivity contribution >= 4 is 17.1 Å². The molecule has 1 heterocycles. The average molecular weight is 277 g/mol. The van der Waals surface area contributed by atoms with Crippen molar-refractivity contribution in [2.75, 3.05) is 18.0 Å². The van der Waals surface area contributed by atoms with Crippen molar-refractivity contribution in [1.82, 2.24) is 4.98 Å². The molecule has 0 saturated heterocycles. The van der Waals surface area contributed by atoms with E-state index >= 15 is 0 Å². The maximum Gasteiger partial charge on any atom is 0.293 e. The van der Waals surface area contributed by atoms with Crippen LogP contribution in [0.5, 0.6) is 0 Å². The predicted octanol–water partition coefficient (Wildman–Crippen LogP) is 2.30. The van der Waals surface area contributed by atoms with E-state index in [1.807, 2.05) is 29.2 Å². The van der Waals surface area contributed by atoms with Gasteiger partial charge in [0.15, 0.2) is 5.58 Å². The van der Waals surface area contributed by atoms with E-state index in [1.54, 1.807) is 0 Å². The zero-order chi connectivity index (χ0) is 9.97. The van der Waals surface area contributed by atoms with E-state index < -0.39 is 0 Å². The molecular formula is C11H12N2OY-2. The summed E-state index contributed by atoms with van der Waals surface area (Å²) in [6.45, 7) is 8.79. The number of oxazole rings is 1. The van der Waals surface area contributed by atoms with Crippen LogP contribution < -0.4 is 4.90 Å². The summed E-state index contributed by atoms with van der Waals surface area (Å²) in [5, 5.41) is 0. The molecule has 2 aromatic rings. The van der Waals surface area contributed by atoms with Gasteiger partial charge in [-0.15, -0.1) is 13.1 Å². The van der Waals surface area contributed by atoms with Crippen molar-refractivity contribution in [3.05, 3.63) is 38.1 Å². The first kappa shape index (κ1) is 12.7. The molecule has 77 valence electrons. The Balaban J connectivity index is 0.00000112. The number of para-hydroxylation sites is 2. The summed E-state index contributed by atoms with van der Waals surface area (Å²) in [4.78, 5) is 6.21. The van der Waals surface area contributed by atoms with Gasteiger partial charge in [-0.25, -0.2) is 0 Å². The maximum absolute atomic E-state index is 5.55. The number of hydrogen-bond acceptors (Lipinski definition) is 3. The first-order valence-electron chi connectivity index (χ1n) is 4.54. The van der Waals surface area contributed by atoms with Gasteiger partial charge in [-0.2, -0.15) is 4.98 Å². The Morgan fingerprint density at radius 1 is 1.20 bits per heavy atom. The van der Waals surface area contributed by atoms with Crippen LogP contribution in [0.25, 0.3) is 11.1 Å². The molecule has 0 spiro atoms. The zero-order valence-electron chi connectivity index (χ0n) is 8.52. The second-order valence-corrected chi connectivity index (χ2v) is 2.95. The summed E-state index contributed by atoms with van der Waals surface area (Å²) in [6.07, 6.45) is 0. The van der Waals surface area contributed by atoms with E-state index in [9.17, 15) is 0 Å². The molecule has 0 atom stereocenters. The molecule has 0 amide bonds. The number of aromatic nitrogens is 1. The Bertz CT molecular complexity index is 390. The van der Waals surface area contributed by atoms with Crippen LogP contribution in [-0.2, 0) is 32.7 Å². The second kappa shape index (κ2) is 5.62. The van der Waals surface area contributed by atoms with Crippen LogP contribution in [0.3, 0.4) is 0 Å². The zero-order valence-corrected chi connectivity index (χ0v) is 11.4. The molecule has 3 nitrogen and oxygen atoms in total. The van der Waals surface area contributed by atoms with Crippen molar-refractivity contribution in [3.63, 3.8) is 0 Å². The van der Waals surface area contributed by atoms with Crippen molar-refractivity contribution in [2.24, 2.45) is 0 Å². The average Bonchev–Trinajstić information content (AvgIpc) is 2.63. The Kier molecular flexibility index (Phi) is 4.74. The molecule has 2 rings (SSSR count). The Morgan fingerprint density at radius 3 is 2.47 bits per heavy atom. The van der Waals surface area contributed by atoms with Gasteiger partial charge in [0.1, 0.15) is 5.52 Å². The van der Waals surface area contributed by atoms with E-state index in [1.165, 1.54) is 0 Å². The van der Waals surface area contributed by atoms with E-state index in [0.717, 1.165) is 11.1 Å². The first-order valence-corrected chi connectivity index (χ1v) is 4.54. The number of rotatable bonds is 3. The summed E-state index contributed by atoms with van der Waals surface area (Å²) in [7, 11) is 0. The number of nitrogens with zero attached hydrogens (tertiary/aromatic N) is 2. The van der Waals surface area contributed by atoms with Crippen LogP contribution >= 0.6 is 0 Å². The van der Waals surface area contributed by atoms with Crippen molar-refractivity contribution in [3.8, 4) is 0 Å². The number of anilines is 1. The summed E-state index contributed by atoms with van der Waals surface area (Å²) < 4.78 is 5.55. The van der Waals surface area contributed by atoms with Gasteiger partial charge in [-0.3, -0.25) is 0 Å². The minimum atomic E-state index is 0. The van der Waals surface area contributed by atoms with Crippen molar-refractivity contribution in [1.29, 1.82) is 0 Å². The molecule has 15 heavy (non-hydrogen) atoms. The van der Waals surface area contributed by atoms with Gasteiger partial charge in [-0.05, 0) is 12.1 Å². The van der Waals surface area contributed by atoms with Crippen LogP contribution in [0.2, 0.25) is 0 Å². The van der Waals surface area contributed by atoms with Gasteiger partial charge in [0.2, 0.25) is 0 Å². The molecule has 1 aromatic carbocycles. The van der Waals surface area contributed by atoms with Gasteiger partial charge in [0, 0.05) is 32.7 Å². The maximum atomic E-state index is 5.55. The van der Waals surface area contributed by atoms with Crippen molar-refractivity contribution in [2.45, 2.75) is 0 Å². The monoisotopic (exact) mass is 277 g/mol. The third kappa shape index (κ3) is 2.58. The Morgan fingerprint density at radius 2 is 1.87 bits per heavy atom. The van der Waals surface area contributed by atoms with Crippen LogP contribution in [0.4, 0.5) is 6.01 Å². The molecule has 0 fully saturated rings. The smallest absolute Gasteiger partial charge is 0.293 e. The molecule has 0 bridgehead atoms. The molecule has 0 unspecified atom stereocenters. The molecule has 0 aliphatic rings. The standard InChI is InChI=1S/C11H12N2O.Y/c1-3-13(4-2)11-12-9-7-5-6-8-10(9)14-11;/h5-8H,1-4H2;/q-2;. The Hall–Kier alpha value is -0.406. The quantitative estimate of drug-likeness (QED) is 0.806. The van der Waals surface area contributed by atoms with E-state index in [0.29, 0.717) is 19.1 Å². The first-order chi connectivity index (χ1) is 6.85. The molecule has 0 saturated carbocycles. The van der Waals surface area contributed by atoms with Crippen LogP contribution in [0.15, 0.2) is 28.7 Å². The molecule has 4 heteroatoms. The van der Waals surface area contributed by atoms with Crippen LogP contribution in [0.1, 0.15) is 0 Å². The SMILES string of the molecule is [CH2-]CN(C[CH2-])c1nc2ccccc2o1.[Y]. The predicted molar refractivity (Wildman–Crippen MR) is 56.9 cm³/mol. The summed E-state index contributed by atoms with van der Waals surface area (Å²) in [5.74, 6) is 0. The minimum Gasteiger partial charge on any atom is -0.424 e. The number of fused-ring (bicyclic) bond motifs is 1. The summed E-state index contributed by atoms with van der Waals surface area (Å²) in [6, 6.07) is 8.28. The third-order valence-corrected chi connectivity index (χ3v) is 2.09. The summed E-state index contributed by atoms with van der Waals surface area (Å²) in [5.41, 5.74) is 1.67. The van der Waals surface area contributed by atoms with Gasteiger partial charge < -0.3 is 23.2 Å². The number of benzene rings is 1. The fourth-order valence-corrected chi connectivity index (χ4v) is 1.30. The molecule has 1 aromatic heterocycles. The molecule has 0 N–H and O–H groups in total. The molecule has 0 aliphatic carbocycles. The van der Waals surface area contributed by atoms with Gasteiger partial charge in [-0.1, -0.05) is 12.1 Å². The van der Waals surface area contributed by atoms with Crippen LogP contribution in [-0.4, -0.2) is 18.1 Å². The normalized spacial score (nSPS) is 10.0. The van der Waals surface area contributed by atoms with Gasteiger partial charge in [0.25, 0.3) is 6.01 Å². The Labute approximate surface area is 115 Å². The molecule has 1 radical (unpaired) electrons. The topological polar surface area (TPSA) is 29.3 Å². The third-order valence-electron chi connectivity index (χ3n) is 2.09. The van der Waals surface area contributed by atoms with E-state index in [-0.39, 0.29) is 32.7 Å². The van der Waals surface area contributed by atoms with E-state index in [2.05, 4.69) is 18.8 Å². The molecular weight excluding hydrogens is 265 g/mol. The van der Waals surface area contributed by atoms with Gasteiger partial charge >= 0.3 is 0 Å². The molecule has 0 aliphatic heterocycles. The second-order valence-electron chi connectivity index (χ2n) is 2.95. The van der Waals surface area contributed by atoms with Crippen LogP contribution in [0, 0.1) is 13.8 Å². The number of hydrogen-bond donors (Lipinski definition) is 0. The fourth-order valence-electron chi connectivity index (χ4n) is 1.30. The fraction of sp³-hybridized carbons (Fsp3) is 0.182. The van der Waals surface area contributed by atoms with E-state index in [4.69, 9.17) is 4.42 Å². The summed E-state index contributed by atoms with van der Waals surface area (Å²) >= 11 is 0. The minimum absolute atomic E-state index is 0. The largest absolute Gasteiger partial charge is 0.424 e.